The molecule has 1 fully saturated rings. The first kappa shape index (κ1) is 19.4. The Morgan fingerprint density at radius 2 is 1.93 bits per heavy atom. The van der Waals surface area contributed by atoms with Crippen LogP contribution in [0.15, 0.2) is 33.6 Å². The molecule has 0 unspecified atom stereocenters. The van der Waals surface area contributed by atoms with Crippen LogP contribution in [0.1, 0.15) is 41.7 Å². The molecule has 6 nitrogen and oxygen atoms in total. The summed E-state index contributed by atoms with van der Waals surface area (Å²) >= 11 is 0. The number of nitrogens with zero attached hydrogens (tertiary/aromatic N) is 2. The van der Waals surface area contributed by atoms with Crippen LogP contribution in [0, 0.1) is 0 Å². The number of alkyl halides is 3. The van der Waals surface area contributed by atoms with Crippen LogP contribution in [0.5, 0.6) is 0 Å². The number of sulfonamides is 1. The maximum atomic E-state index is 12.9. The molecule has 3 heterocycles. The van der Waals surface area contributed by atoms with Crippen molar-refractivity contribution >= 4 is 10.0 Å². The standard InChI is InChI=1S/C18H19F3N2O4S/c19-18(20,21)13-2-1-3-14(10-13)28(24,25)23-7-4-16-15(11-23)22-17(27-16)12-5-8-26-9-6-12/h1-3,10,12H,4-9,11H2. The highest BCUT2D eigenvalue weighted by Crippen LogP contribution is 2.33. The fraction of sp³-hybridized carbons (Fsp3) is 0.500. The summed E-state index contributed by atoms with van der Waals surface area (Å²) in [7, 11) is -4.07. The van der Waals surface area contributed by atoms with Gasteiger partial charge in [0.2, 0.25) is 10.0 Å². The highest BCUT2D eigenvalue weighted by molar-refractivity contribution is 7.89. The van der Waals surface area contributed by atoms with Gasteiger partial charge in [0, 0.05) is 32.1 Å². The van der Waals surface area contributed by atoms with E-state index in [1.54, 1.807) is 0 Å². The summed E-state index contributed by atoms with van der Waals surface area (Å²) in [5, 5.41) is 0. The topological polar surface area (TPSA) is 72.6 Å². The van der Waals surface area contributed by atoms with Gasteiger partial charge in [0.05, 0.1) is 22.7 Å². The Kier molecular flexibility index (Phi) is 4.96. The minimum atomic E-state index is -4.61. The number of ether oxygens (including phenoxy) is 1. The number of rotatable bonds is 3. The lowest BCUT2D eigenvalue weighted by Crippen LogP contribution is -2.36. The molecule has 0 spiro atoms. The molecule has 1 aromatic heterocycles. The second-order valence-electron chi connectivity index (χ2n) is 6.92. The summed E-state index contributed by atoms with van der Waals surface area (Å²) < 4.78 is 76.9. The van der Waals surface area contributed by atoms with Crippen molar-refractivity contribution in [3.63, 3.8) is 0 Å². The zero-order valence-corrected chi connectivity index (χ0v) is 15.7. The Balaban J connectivity index is 1.57. The summed E-state index contributed by atoms with van der Waals surface area (Å²) in [5.74, 6) is 1.39. The molecule has 2 aliphatic rings. The molecule has 10 heteroatoms. The summed E-state index contributed by atoms with van der Waals surface area (Å²) in [5.41, 5.74) is -0.460. The predicted molar refractivity (Wildman–Crippen MR) is 92.0 cm³/mol. The normalized spacial score (nSPS) is 19.5. The molecule has 0 atom stereocenters. The smallest absolute Gasteiger partial charge is 0.416 e. The van der Waals surface area contributed by atoms with Gasteiger partial charge >= 0.3 is 6.18 Å². The minimum Gasteiger partial charge on any atom is -0.445 e. The number of hydrogen-bond acceptors (Lipinski definition) is 5. The van der Waals surface area contributed by atoms with E-state index in [1.165, 1.54) is 6.07 Å². The van der Waals surface area contributed by atoms with Crippen LogP contribution in [0.25, 0.3) is 0 Å². The first-order valence-corrected chi connectivity index (χ1v) is 10.4. The lowest BCUT2D eigenvalue weighted by atomic mass is 10.0. The summed E-state index contributed by atoms with van der Waals surface area (Å²) in [6, 6.07) is 3.80. The summed E-state index contributed by atoms with van der Waals surface area (Å²) in [6.45, 7) is 1.39. The van der Waals surface area contributed by atoms with Crippen molar-refractivity contribution in [2.45, 2.75) is 42.8 Å². The molecule has 2 aliphatic heterocycles. The molecule has 4 rings (SSSR count). The molecule has 0 N–H and O–H groups in total. The first-order chi connectivity index (χ1) is 13.2. The molecule has 0 aliphatic carbocycles. The highest BCUT2D eigenvalue weighted by Gasteiger charge is 2.35. The van der Waals surface area contributed by atoms with Crippen molar-refractivity contribution in [1.82, 2.24) is 9.29 Å². The van der Waals surface area contributed by atoms with Crippen LogP contribution in [0.4, 0.5) is 13.2 Å². The molecular weight excluding hydrogens is 397 g/mol. The third kappa shape index (κ3) is 3.68. The van der Waals surface area contributed by atoms with Gasteiger partial charge in [-0.3, -0.25) is 0 Å². The van der Waals surface area contributed by atoms with Crippen LogP contribution >= 0.6 is 0 Å². The lowest BCUT2D eigenvalue weighted by molar-refractivity contribution is -0.137. The van der Waals surface area contributed by atoms with E-state index in [-0.39, 0.29) is 23.9 Å². The van der Waals surface area contributed by atoms with E-state index in [2.05, 4.69) is 4.98 Å². The van der Waals surface area contributed by atoms with Crippen molar-refractivity contribution in [3.8, 4) is 0 Å². The molecule has 2 aromatic rings. The minimum absolute atomic E-state index is 0.0133. The van der Waals surface area contributed by atoms with E-state index in [0.717, 1.165) is 29.3 Å². The fourth-order valence-electron chi connectivity index (χ4n) is 3.50. The van der Waals surface area contributed by atoms with Crippen molar-refractivity contribution in [1.29, 1.82) is 0 Å². The van der Waals surface area contributed by atoms with Crippen LogP contribution in [-0.2, 0) is 33.9 Å². The van der Waals surface area contributed by atoms with E-state index in [4.69, 9.17) is 9.15 Å². The SMILES string of the molecule is O=S(=O)(c1cccc(C(F)(F)F)c1)N1CCc2oc(C3CCOCC3)nc2C1. The molecule has 1 aromatic carbocycles. The third-order valence-electron chi connectivity index (χ3n) is 5.08. The Morgan fingerprint density at radius 1 is 1.18 bits per heavy atom. The Labute approximate surface area is 160 Å². The molecule has 0 saturated carbocycles. The molecular formula is C18H19F3N2O4S. The van der Waals surface area contributed by atoms with Gasteiger partial charge in [0.25, 0.3) is 0 Å². The van der Waals surface area contributed by atoms with Gasteiger partial charge in [-0.2, -0.15) is 17.5 Å². The van der Waals surface area contributed by atoms with Crippen LogP contribution in [0.2, 0.25) is 0 Å². The van der Waals surface area contributed by atoms with Crippen molar-refractivity contribution < 1.29 is 30.7 Å². The molecule has 0 amide bonds. The molecule has 152 valence electrons. The second kappa shape index (κ2) is 7.16. The van der Waals surface area contributed by atoms with Crippen molar-refractivity contribution in [2.24, 2.45) is 0 Å². The fourth-order valence-corrected chi connectivity index (χ4v) is 4.95. The van der Waals surface area contributed by atoms with Crippen molar-refractivity contribution in [2.75, 3.05) is 19.8 Å². The molecule has 0 radical (unpaired) electrons. The average Bonchev–Trinajstić information content (AvgIpc) is 3.11. The van der Waals surface area contributed by atoms with Gasteiger partial charge in [-0.15, -0.1) is 0 Å². The van der Waals surface area contributed by atoms with Crippen LogP contribution < -0.4 is 0 Å². The second-order valence-corrected chi connectivity index (χ2v) is 8.86. The zero-order valence-electron chi connectivity index (χ0n) is 14.9. The van der Waals surface area contributed by atoms with E-state index in [9.17, 15) is 21.6 Å². The number of oxazole rings is 1. The highest BCUT2D eigenvalue weighted by atomic mass is 32.2. The Morgan fingerprint density at radius 3 is 2.64 bits per heavy atom. The maximum absolute atomic E-state index is 12.9. The maximum Gasteiger partial charge on any atom is 0.416 e. The van der Waals surface area contributed by atoms with E-state index in [1.807, 2.05) is 0 Å². The van der Waals surface area contributed by atoms with E-state index >= 15 is 0 Å². The quantitative estimate of drug-likeness (QED) is 0.768. The van der Waals surface area contributed by atoms with Gasteiger partial charge in [-0.05, 0) is 31.0 Å². The summed E-state index contributed by atoms with van der Waals surface area (Å²) in [4.78, 5) is 4.10. The predicted octanol–water partition coefficient (Wildman–Crippen LogP) is 3.33. The van der Waals surface area contributed by atoms with E-state index in [0.29, 0.717) is 43.0 Å². The lowest BCUT2D eigenvalue weighted by Gasteiger charge is -2.25. The van der Waals surface area contributed by atoms with Crippen LogP contribution in [-0.4, -0.2) is 37.5 Å². The summed E-state index contributed by atoms with van der Waals surface area (Å²) in [6.07, 6.45) is -2.67. The van der Waals surface area contributed by atoms with Crippen molar-refractivity contribution in [3.05, 3.63) is 47.2 Å². The number of halogens is 3. The zero-order chi connectivity index (χ0) is 19.9. The van der Waals surface area contributed by atoms with Gasteiger partial charge in [-0.25, -0.2) is 13.4 Å². The van der Waals surface area contributed by atoms with Gasteiger partial charge in [-0.1, -0.05) is 6.07 Å². The third-order valence-corrected chi connectivity index (χ3v) is 6.92. The number of aromatic nitrogens is 1. The van der Waals surface area contributed by atoms with Gasteiger partial charge in [0.1, 0.15) is 5.76 Å². The molecule has 1 saturated heterocycles. The van der Waals surface area contributed by atoms with Gasteiger partial charge < -0.3 is 9.15 Å². The Bertz CT molecular complexity index is 965. The first-order valence-electron chi connectivity index (χ1n) is 8.99. The van der Waals surface area contributed by atoms with Crippen LogP contribution in [0.3, 0.4) is 0 Å². The Hall–Kier alpha value is -1.91. The number of benzene rings is 1. The largest absolute Gasteiger partial charge is 0.445 e. The molecule has 0 bridgehead atoms. The average molecular weight is 416 g/mol. The monoisotopic (exact) mass is 416 g/mol. The molecule has 28 heavy (non-hydrogen) atoms. The number of fused-ring (bicyclic) bond motifs is 1. The van der Waals surface area contributed by atoms with E-state index < -0.39 is 21.8 Å². The van der Waals surface area contributed by atoms with Gasteiger partial charge in [0.15, 0.2) is 5.89 Å². The number of hydrogen-bond donors (Lipinski definition) is 0.